The van der Waals surface area contributed by atoms with Crippen molar-refractivity contribution in [2.75, 3.05) is 36.1 Å². The Bertz CT molecular complexity index is 293. The molecule has 0 aliphatic carbocycles. The van der Waals surface area contributed by atoms with Crippen molar-refractivity contribution in [2.24, 2.45) is 0 Å². The first kappa shape index (κ1) is 10.7. The van der Waals surface area contributed by atoms with Crippen molar-refractivity contribution in [3.05, 3.63) is 24.3 Å². The van der Waals surface area contributed by atoms with Crippen molar-refractivity contribution in [3.8, 4) is 5.75 Å². The normalized spacial score (nSPS) is 16.5. The Labute approximate surface area is 95.6 Å². The Morgan fingerprint density at radius 3 is 2.47 bits per heavy atom. The molecule has 2 rings (SSSR count). The van der Waals surface area contributed by atoms with Gasteiger partial charge in [0.15, 0.2) is 0 Å². The molecule has 0 amide bonds. The Hall–Kier alpha value is -0.830. The third kappa shape index (κ3) is 2.81. The summed E-state index contributed by atoms with van der Waals surface area (Å²) in [5.41, 5.74) is 1.32. The number of nitrogens with zero attached hydrogens (tertiary/aromatic N) is 1. The first-order valence-corrected chi connectivity index (χ1v) is 6.61. The van der Waals surface area contributed by atoms with E-state index in [1.165, 1.54) is 30.3 Å². The van der Waals surface area contributed by atoms with E-state index in [-0.39, 0.29) is 0 Å². The summed E-state index contributed by atoms with van der Waals surface area (Å²) < 4.78 is 5.43. The fourth-order valence-corrected chi connectivity index (χ4v) is 2.64. The van der Waals surface area contributed by atoms with E-state index in [0.29, 0.717) is 0 Å². The van der Waals surface area contributed by atoms with Crippen molar-refractivity contribution >= 4 is 17.4 Å². The van der Waals surface area contributed by atoms with Crippen LogP contribution in [0.15, 0.2) is 24.3 Å². The van der Waals surface area contributed by atoms with E-state index in [0.717, 1.165) is 12.4 Å². The van der Waals surface area contributed by atoms with Crippen LogP contribution in [0.1, 0.15) is 6.92 Å². The summed E-state index contributed by atoms with van der Waals surface area (Å²) in [7, 11) is 0. The van der Waals surface area contributed by atoms with Gasteiger partial charge in [0.2, 0.25) is 0 Å². The molecule has 0 radical (unpaired) electrons. The highest BCUT2D eigenvalue weighted by molar-refractivity contribution is 7.99. The second-order valence-corrected chi connectivity index (χ2v) is 4.75. The van der Waals surface area contributed by atoms with Crippen LogP contribution >= 0.6 is 11.8 Å². The van der Waals surface area contributed by atoms with Gasteiger partial charge in [-0.1, -0.05) is 0 Å². The fraction of sp³-hybridized carbons (Fsp3) is 0.500. The van der Waals surface area contributed by atoms with E-state index in [1.807, 2.05) is 18.7 Å². The number of rotatable bonds is 3. The Morgan fingerprint density at radius 1 is 1.20 bits per heavy atom. The second kappa shape index (κ2) is 5.31. The number of hydrogen-bond acceptors (Lipinski definition) is 3. The molecule has 0 bridgehead atoms. The molecule has 0 N–H and O–H groups in total. The highest BCUT2D eigenvalue weighted by Crippen LogP contribution is 2.22. The number of ether oxygens (including phenoxy) is 1. The lowest BCUT2D eigenvalue weighted by Gasteiger charge is -2.28. The van der Waals surface area contributed by atoms with Gasteiger partial charge in [-0.05, 0) is 31.2 Å². The van der Waals surface area contributed by atoms with Crippen LogP contribution in [0.25, 0.3) is 0 Å². The average molecular weight is 223 g/mol. The largest absolute Gasteiger partial charge is 0.494 e. The van der Waals surface area contributed by atoms with E-state index in [4.69, 9.17) is 4.74 Å². The minimum absolute atomic E-state index is 0.736. The Balaban J connectivity index is 2.02. The third-order valence-corrected chi connectivity index (χ3v) is 3.47. The van der Waals surface area contributed by atoms with Crippen LogP contribution < -0.4 is 9.64 Å². The van der Waals surface area contributed by atoms with Crippen molar-refractivity contribution in [1.29, 1.82) is 0 Å². The lowest BCUT2D eigenvalue weighted by atomic mass is 10.2. The highest BCUT2D eigenvalue weighted by Gasteiger charge is 2.10. The van der Waals surface area contributed by atoms with E-state index in [9.17, 15) is 0 Å². The monoisotopic (exact) mass is 223 g/mol. The van der Waals surface area contributed by atoms with E-state index >= 15 is 0 Å². The summed E-state index contributed by atoms with van der Waals surface area (Å²) in [6, 6.07) is 8.42. The summed E-state index contributed by atoms with van der Waals surface area (Å²) in [5, 5.41) is 0. The van der Waals surface area contributed by atoms with Crippen molar-refractivity contribution in [1.82, 2.24) is 0 Å². The van der Waals surface area contributed by atoms with Crippen molar-refractivity contribution < 1.29 is 4.74 Å². The smallest absolute Gasteiger partial charge is 0.119 e. The number of anilines is 1. The predicted molar refractivity (Wildman–Crippen MR) is 67.1 cm³/mol. The molecule has 1 fully saturated rings. The Kier molecular flexibility index (Phi) is 3.78. The molecule has 3 heteroatoms. The lowest BCUT2D eigenvalue weighted by Crippen LogP contribution is -2.32. The summed E-state index contributed by atoms with van der Waals surface area (Å²) in [6.07, 6.45) is 0. The van der Waals surface area contributed by atoms with Gasteiger partial charge < -0.3 is 9.64 Å². The number of thioether (sulfide) groups is 1. The third-order valence-electron chi connectivity index (χ3n) is 2.52. The zero-order valence-corrected chi connectivity index (χ0v) is 9.93. The molecule has 1 aromatic carbocycles. The van der Waals surface area contributed by atoms with Crippen molar-refractivity contribution in [2.45, 2.75) is 6.92 Å². The SMILES string of the molecule is CCOc1ccc(N2CCSCC2)cc1. The molecular weight excluding hydrogens is 206 g/mol. The maximum Gasteiger partial charge on any atom is 0.119 e. The molecule has 1 aromatic rings. The van der Waals surface area contributed by atoms with Crippen LogP contribution in [0.5, 0.6) is 5.75 Å². The molecule has 1 aliphatic rings. The number of hydrogen-bond donors (Lipinski definition) is 0. The van der Waals surface area contributed by atoms with Gasteiger partial charge in [-0.3, -0.25) is 0 Å². The maximum atomic E-state index is 5.43. The Morgan fingerprint density at radius 2 is 1.87 bits per heavy atom. The van der Waals surface area contributed by atoms with Crippen LogP contribution in [0.4, 0.5) is 5.69 Å². The molecule has 0 unspecified atom stereocenters. The average Bonchev–Trinajstić information content (AvgIpc) is 2.32. The molecule has 0 saturated carbocycles. The quantitative estimate of drug-likeness (QED) is 0.781. The van der Waals surface area contributed by atoms with Crippen LogP contribution in [0, 0.1) is 0 Å². The van der Waals surface area contributed by atoms with Gasteiger partial charge in [-0.25, -0.2) is 0 Å². The molecular formula is C12H17NOS. The summed E-state index contributed by atoms with van der Waals surface area (Å²) in [4.78, 5) is 2.44. The summed E-state index contributed by atoms with van der Waals surface area (Å²) in [6.45, 7) is 5.08. The molecule has 82 valence electrons. The maximum absolute atomic E-state index is 5.43. The predicted octanol–water partition coefficient (Wildman–Crippen LogP) is 2.64. The molecule has 2 nitrogen and oxygen atoms in total. The zero-order valence-electron chi connectivity index (χ0n) is 9.11. The first-order chi connectivity index (χ1) is 7.40. The molecule has 1 aliphatic heterocycles. The van der Waals surface area contributed by atoms with Crippen molar-refractivity contribution in [3.63, 3.8) is 0 Å². The molecule has 1 heterocycles. The van der Waals surface area contributed by atoms with E-state index in [2.05, 4.69) is 29.2 Å². The van der Waals surface area contributed by atoms with Gasteiger partial charge in [0.05, 0.1) is 6.61 Å². The van der Waals surface area contributed by atoms with Gasteiger partial charge in [-0.15, -0.1) is 0 Å². The number of benzene rings is 1. The lowest BCUT2D eigenvalue weighted by molar-refractivity contribution is 0.340. The molecule has 0 spiro atoms. The van der Waals surface area contributed by atoms with Crippen LogP contribution in [-0.2, 0) is 0 Å². The molecule has 15 heavy (non-hydrogen) atoms. The van der Waals surface area contributed by atoms with Crippen LogP contribution in [0.2, 0.25) is 0 Å². The molecule has 0 atom stereocenters. The second-order valence-electron chi connectivity index (χ2n) is 3.53. The van der Waals surface area contributed by atoms with Gasteiger partial charge >= 0.3 is 0 Å². The van der Waals surface area contributed by atoms with Gasteiger partial charge in [-0.2, -0.15) is 11.8 Å². The highest BCUT2D eigenvalue weighted by atomic mass is 32.2. The first-order valence-electron chi connectivity index (χ1n) is 5.45. The molecule has 0 aromatic heterocycles. The topological polar surface area (TPSA) is 12.5 Å². The van der Waals surface area contributed by atoms with Crippen LogP contribution in [0.3, 0.4) is 0 Å². The standard InChI is InChI=1S/C12H17NOS/c1-2-14-12-5-3-11(4-6-12)13-7-9-15-10-8-13/h3-6H,2,7-10H2,1H3. The zero-order chi connectivity index (χ0) is 10.5. The van der Waals surface area contributed by atoms with Crippen LogP contribution in [-0.4, -0.2) is 31.2 Å². The van der Waals surface area contributed by atoms with Gasteiger partial charge in [0, 0.05) is 30.3 Å². The minimum Gasteiger partial charge on any atom is -0.494 e. The minimum atomic E-state index is 0.736. The molecule has 1 saturated heterocycles. The van der Waals surface area contributed by atoms with E-state index < -0.39 is 0 Å². The van der Waals surface area contributed by atoms with Gasteiger partial charge in [0.25, 0.3) is 0 Å². The van der Waals surface area contributed by atoms with E-state index in [1.54, 1.807) is 0 Å². The summed E-state index contributed by atoms with van der Waals surface area (Å²) >= 11 is 2.04. The fourth-order valence-electron chi connectivity index (χ4n) is 1.74. The van der Waals surface area contributed by atoms with Gasteiger partial charge in [0.1, 0.15) is 5.75 Å². The summed E-state index contributed by atoms with van der Waals surface area (Å²) in [5.74, 6) is 3.45.